The lowest BCUT2D eigenvalue weighted by Gasteiger charge is -2.46. The van der Waals surface area contributed by atoms with Gasteiger partial charge in [0.25, 0.3) is 5.91 Å². The Bertz CT molecular complexity index is 1580. The van der Waals surface area contributed by atoms with Crippen molar-refractivity contribution in [2.24, 2.45) is 0 Å². The van der Waals surface area contributed by atoms with Crippen LogP contribution in [-0.2, 0) is 12.4 Å². The molecule has 0 fully saturated rings. The Morgan fingerprint density at radius 1 is 0.675 bits per heavy atom. The number of nitrogens with zero attached hydrogens (tertiary/aromatic N) is 2. The number of carbonyl (C=O) groups excluding carboxylic acids is 1. The summed E-state index contributed by atoms with van der Waals surface area (Å²) in [7, 11) is 0. The SMILES string of the molecule is O=C(O)c1ccc(N2C(=O)c3ccccc3N(c3cccc(C(F)(F)F)c3)C2c2ccc(C(F)(F)F)cc2)cc1. The molecule has 5 nitrogen and oxygen atoms in total. The molecule has 0 bridgehead atoms. The maximum absolute atomic E-state index is 13.9. The van der Waals surface area contributed by atoms with Crippen LogP contribution in [0.25, 0.3) is 0 Å². The molecule has 1 amide bonds. The third-order valence-electron chi connectivity index (χ3n) is 6.48. The second kappa shape index (κ2) is 9.74. The lowest BCUT2D eigenvalue weighted by Crippen LogP contribution is -2.48. The summed E-state index contributed by atoms with van der Waals surface area (Å²) in [4.78, 5) is 27.9. The highest BCUT2D eigenvalue weighted by atomic mass is 19.4. The zero-order valence-corrected chi connectivity index (χ0v) is 20.2. The number of amides is 1. The molecule has 5 rings (SSSR count). The first-order valence-electron chi connectivity index (χ1n) is 11.8. The summed E-state index contributed by atoms with van der Waals surface area (Å²) in [6.45, 7) is 0. The molecule has 0 spiro atoms. The molecule has 0 aliphatic carbocycles. The summed E-state index contributed by atoms with van der Waals surface area (Å²) in [6, 6.07) is 19.8. The number of carboxylic acid groups (broad SMARTS) is 1. The number of rotatable bonds is 4. The fourth-order valence-electron chi connectivity index (χ4n) is 4.63. The van der Waals surface area contributed by atoms with Crippen LogP contribution >= 0.6 is 0 Å². The van der Waals surface area contributed by atoms with Crippen molar-refractivity contribution in [1.29, 1.82) is 0 Å². The van der Waals surface area contributed by atoms with Crippen molar-refractivity contribution in [2.45, 2.75) is 18.5 Å². The molecule has 0 saturated heterocycles. The molecule has 4 aromatic rings. The van der Waals surface area contributed by atoms with E-state index >= 15 is 0 Å². The summed E-state index contributed by atoms with van der Waals surface area (Å²) in [5, 5.41) is 9.30. The van der Waals surface area contributed by atoms with E-state index in [1.54, 1.807) is 12.1 Å². The van der Waals surface area contributed by atoms with Crippen LogP contribution in [0, 0.1) is 0 Å². The molecule has 1 N–H and O–H groups in total. The fraction of sp³-hybridized carbons (Fsp3) is 0.103. The average Bonchev–Trinajstić information content (AvgIpc) is 2.92. The van der Waals surface area contributed by atoms with Gasteiger partial charge in [0.1, 0.15) is 6.17 Å². The van der Waals surface area contributed by atoms with E-state index in [2.05, 4.69) is 0 Å². The molecule has 1 aliphatic heterocycles. The van der Waals surface area contributed by atoms with Crippen molar-refractivity contribution < 1.29 is 41.0 Å². The number of carbonyl (C=O) groups is 2. The van der Waals surface area contributed by atoms with Gasteiger partial charge in [-0.15, -0.1) is 0 Å². The highest BCUT2D eigenvalue weighted by Gasteiger charge is 2.41. The van der Waals surface area contributed by atoms with Crippen LogP contribution in [-0.4, -0.2) is 17.0 Å². The normalized spacial score (nSPS) is 15.7. The number of halogens is 6. The van der Waals surface area contributed by atoms with Gasteiger partial charge in [-0.1, -0.05) is 30.3 Å². The van der Waals surface area contributed by atoms with Crippen LogP contribution in [0.3, 0.4) is 0 Å². The fourth-order valence-corrected chi connectivity index (χ4v) is 4.63. The first kappa shape index (κ1) is 26.8. The predicted octanol–water partition coefficient (Wildman–Crippen LogP) is 7.92. The van der Waals surface area contributed by atoms with Gasteiger partial charge in [0.2, 0.25) is 0 Å². The Balaban J connectivity index is 1.77. The molecule has 1 atom stereocenters. The minimum atomic E-state index is -4.68. The Morgan fingerprint density at radius 2 is 1.30 bits per heavy atom. The first-order chi connectivity index (χ1) is 18.9. The number of benzene rings is 4. The molecule has 4 aromatic carbocycles. The number of hydrogen-bond acceptors (Lipinski definition) is 3. The van der Waals surface area contributed by atoms with Gasteiger partial charge in [-0.05, 0) is 72.3 Å². The summed E-state index contributed by atoms with van der Waals surface area (Å²) >= 11 is 0. The van der Waals surface area contributed by atoms with Gasteiger partial charge in [-0.2, -0.15) is 26.3 Å². The number of anilines is 3. The zero-order chi connectivity index (χ0) is 28.8. The van der Waals surface area contributed by atoms with Gasteiger partial charge < -0.3 is 10.0 Å². The Kier molecular flexibility index (Phi) is 6.53. The van der Waals surface area contributed by atoms with Crippen molar-refractivity contribution in [2.75, 3.05) is 9.80 Å². The highest BCUT2D eigenvalue weighted by Crippen LogP contribution is 2.47. The van der Waals surface area contributed by atoms with Crippen molar-refractivity contribution in [3.8, 4) is 0 Å². The third kappa shape index (κ3) is 4.86. The molecule has 40 heavy (non-hydrogen) atoms. The van der Waals surface area contributed by atoms with Crippen molar-refractivity contribution in [3.63, 3.8) is 0 Å². The minimum Gasteiger partial charge on any atom is -0.478 e. The topological polar surface area (TPSA) is 60.9 Å². The quantitative estimate of drug-likeness (QED) is 0.260. The van der Waals surface area contributed by atoms with Crippen LogP contribution < -0.4 is 9.80 Å². The Hall–Kier alpha value is -4.80. The number of hydrogen-bond donors (Lipinski definition) is 1. The molecule has 1 heterocycles. The first-order valence-corrected chi connectivity index (χ1v) is 11.8. The van der Waals surface area contributed by atoms with Crippen LogP contribution in [0.4, 0.5) is 43.4 Å². The zero-order valence-electron chi connectivity index (χ0n) is 20.2. The van der Waals surface area contributed by atoms with Crippen LogP contribution in [0.1, 0.15) is 43.6 Å². The number of aromatic carboxylic acids is 1. The van der Waals surface area contributed by atoms with E-state index in [9.17, 15) is 41.0 Å². The molecule has 0 radical (unpaired) electrons. The molecule has 1 aliphatic rings. The van der Waals surface area contributed by atoms with Crippen molar-refractivity contribution >= 4 is 28.9 Å². The van der Waals surface area contributed by atoms with E-state index in [4.69, 9.17) is 0 Å². The molecule has 1 unspecified atom stereocenters. The maximum Gasteiger partial charge on any atom is 0.416 e. The summed E-state index contributed by atoms with van der Waals surface area (Å²) in [6.07, 6.45) is -10.6. The second-order valence-corrected chi connectivity index (χ2v) is 8.96. The predicted molar refractivity (Wildman–Crippen MR) is 134 cm³/mol. The van der Waals surface area contributed by atoms with Crippen molar-refractivity contribution in [1.82, 2.24) is 0 Å². The minimum absolute atomic E-state index is 0.0341. The van der Waals surface area contributed by atoms with Gasteiger partial charge in [-0.3, -0.25) is 9.69 Å². The van der Waals surface area contributed by atoms with Gasteiger partial charge in [0.05, 0.1) is 27.9 Å². The average molecular weight is 556 g/mol. The van der Waals surface area contributed by atoms with Gasteiger partial charge >= 0.3 is 18.3 Å². The monoisotopic (exact) mass is 556 g/mol. The summed E-state index contributed by atoms with van der Waals surface area (Å²) in [5.74, 6) is -1.79. The molecule has 11 heteroatoms. The van der Waals surface area contributed by atoms with E-state index in [1.807, 2.05) is 0 Å². The lowest BCUT2D eigenvalue weighted by molar-refractivity contribution is -0.138. The van der Waals surface area contributed by atoms with Crippen LogP contribution in [0.2, 0.25) is 0 Å². The number of alkyl halides is 6. The number of fused-ring (bicyclic) bond motifs is 1. The van der Waals surface area contributed by atoms with Crippen molar-refractivity contribution in [3.05, 3.63) is 125 Å². The van der Waals surface area contributed by atoms with E-state index < -0.39 is 41.5 Å². The largest absolute Gasteiger partial charge is 0.478 e. The summed E-state index contributed by atoms with van der Waals surface area (Å²) < 4.78 is 81.0. The molecule has 204 valence electrons. The smallest absolute Gasteiger partial charge is 0.416 e. The third-order valence-corrected chi connectivity index (χ3v) is 6.48. The highest BCUT2D eigenvalue weighted by molar-refractivity contribution is 6.13. The second-order valence-electron chi connectivity index (χ2n) is 8.96. The standard InChI is InChI=1S/C29H18F6N2O3/c30-28(31,32)19-12-8-17(9-13-19)25-36(22-5-3-4-20(16-22)29(33,34)35)24-7-2-1-6-23(24)26(38)37(25)21-14-10-18(11-15-21)27(39)40/h1-16,25H,(H,39,40). The van der Waals surface area contributed by atoms with E-state index in [-0.39, 0.29) is 33.8 Å². The van der Waals surface area contributed by atoms with Gasteiger partial charge in [-0.25, -0.2) is 4.79 Å². The number of para-hydroxylation sites is 1. The lowest BCUT2D eigenvalue weighted by atomic mass is 9.97. The van der Waals surface area contributed by atoms with E-state index in [1.165, 1.54) is 58.3 Å². The molecular formula is C29H18F6N2O3. The maximum atomic E-state index is 13.9. The number of carboxylic acids is 1. The molecular weight excluding hydrogens is 538 g/mol. The van der Waals surface area contributed by atoms with E-state index in [0.717, 1.165) is 36.4 Å². The molecule has 0 aromatic heterocycles. The van der Waals surface area contributed by atoms with E-state index in [0.29, 0.717) is 0 Å². The van der Waals surface area contributed by atoms with Crippen LogP contribution in [0.15, 0.2) is 97.1 Å². The Morgan fingerprint density at radius 3 is 1.90 bits per heavy atom. The summed E-state index contributed by atoms with van der Waals surface area (Å²) in [5.41, 5.74) is -1.20. The van der Waals surface area contributed by atoms with Crippen LogP contribution in [0.5, 0.6) is 0 Å². The van der Waals surface area contributed by atoms with Gasteiger partial charge in [0.15, 0.2) is 0 Å². The van der Waals surface area contributed by atoms with Gasteiger partial charge in [0, 0.05) is 11.4 Å². The molecule has 0 saturated carbocycles. The Labute approximate surface area is 223 Å².